The third-order valence-electron chi connectivity index (χ3n) is 2.55. The topological polar surface area (TPSA) is 72.9 Å². The summed E-state index contributed by atoms with van der Waals surface area (Å²) in [7, 11) is -3.24. The van der Waals surface area contributed by atoms with Crippen LogP contribution in [0.5, 0.6) is 0 Å². The van der Waals surface area contributed by atoms with Crippen LogP contribution in [-0.4, -0.2) is 20.1 Å². The molecule has 0 aliphatic carbocycles. The Kier molecular flexibility index (Phi) is 5.36. The van der Waals surface area contributed by atoms with E-state index >= 15 is 0 Å². The van der Waals surface area contributed by atoms with E-state index in [1.165, 1.54) is 0 Å². The van der Waals surface area contributed by atoms with Crippen molar-refractivity contribution in [2.24, 2.45) is 0 Å². The molecule has 0 unspecified atom stereocenters. The Labute approximate surface area is 126 Å². The highest BCUT2D eigenvalue weighted by molar-refractivity contribution is 7.67. The zero-order chi connectivity index (χ0) is 16.4. The second-order valence-electron chi connectivity index (χ2n) is 5.83. The molecule has 0 heterocycles. The van der Waals surface area contributed by atoms with Crippen LogP contribution in [-0.2, 0) is 20.0 Å². The molecule has 0 atom stereocenters. The standard InChI is InChI=1S/C14H21NO5S/c1-9-7-10(2)12(11(3)8-9)15(20-21(17)18)13(16)19-14(4,5)6/h7-8,21H,1-6H3. The highest BCUT2D eigenvalue weighted by atomic mass is 32.2. The average molecular weight is 315 g/mol. The van der Waals surface area contributed by atoms with Crippen molar-refractivity contribution in [2.45, 2.75) is 47.1 Å². The SMILES string of the molecule is Cc1cc(C)c(N(O[SH](=O)=O)C(=O)OC(C)(C)C)c(C)c1. The van der Waals surface area contributed by atoms with Crippen LogP contribution >= 0.6 is 0 Å². The Morgan fingerprint density at radius 1 is 1.10 bits per heavy atom. The number of hydroxylamine groups is 1. The fourth-order valence-corrected chi connectivity index (χ4v) is 2.31. The first-order valence-electron chi connectivity index (χ1n) is 6.44. The number of ether oxygens (including phenoxy) is 1. The van der Waals surface area contributed by atoms with Crippen molar-refractivity contribution in [1.29, 1.82) is 0 Å². The average Bonchev–Trinajstić information content (AvgIpc) is 2.23. The Balaban J connectivity index is 3.29. The predicted octanol–water partition coefficient (Wildman–Crippen LogP) is 2.81. The van der Waals surface area contributed by atoms with E-state index in [9.17, 15) is 13.2 Å². The van der Waals surface area contributed by atoms with Crippen molar-refractivity contribution < 1.29 is 22.2 Å². The minimum absolute atomic E-state index is 0.369. The molecule has 118 valence electrons. The Morgan fingerprint density at radius 2 is 1.57 bits per heavy atom. The van der Waals surface area contributed by atoms with Crippen molar-refractivity contribution >= 4 is 22.8 Å². The first-order valence-corrected chi connectivity index (χ1v) is 7.54. The molecule has 0 bridgehead atoms. The van der Waals surface area contributed by atoms with Crippen LogP contribution in [0.15, 0.2) is 12.1 Å². The fourth-order valence-electron chi connectivity index (χ4n) is 2.03. The summed E-state index contributed by atoms with van der Waals surface area (Å²) < 4.78 is 31.7. The first kappa shape index (κ1) is 17.5. The van der Waals surface area contributed by atoms with Gasteiger partial charge in [0.15, 0.2) is 0 Å². The van der Waals surface area contributed by atoms with Crippen LogP contribution in [0.2, 0.25) is 0 Å². The summed E-state index contributed by atoms with van der Waals surface area (Å²) in [5.74, 6) is 0. The maximum Gasteiger partial charge on any atom is 0.440 e. The molecule has 0 fully saturated rings. The van der Waals surface area contributed by atoms with E-state index < -0.39 is 22.7 Å². The lowest BCUT2D eigenvalue weighted by Gasteiger charge is -2.26. The summed E-state index contributed by atoms with van der Waals surface area (Å²) in [6.45, 7) is 10.5. The third kappa shape index (κ3) is 5.02. The number of benzene rings is 1. The number of nitrogens with zero attached hydrogens (tertiary/aromatic N) is 1. The maximum absolute atomic E-state index is 12.2. The van der Waals surface area contributed by atoms with Crippen molar-refractivity contribution in [2.75, 3.05) is 5.06 Å². The number of hydrogen-bond donors (Lipinski definition) is 1. The molecule has 21 heavy (non-hydrogen) atoms. The summed E-state index contributed by atoms with van der Waals surface area (Å²) in [6, 6.07) is 3.67. The van der Waals surface area contributed by atoms with Crippen LogP contribution in [0.3, 0.4) is 0 Å². The Morgan fingerprint density at radius 3 is 1.95 bits per heavy atom. The zero-order valence-corrected chi connectivity index (χ0v) is 14.0. The summed E-state index contributed by atoms with van der Waals surface area (Å²) in [4.78, 5) is 12.2. The molecule has 0 saturated heterocycles. The molecule has 7 heteroatoms. The van der Waals surface area contributed by atoms with Gasteiger partial charge in [0.25, 0.3) is 11.0 Å². The van der Waals surface area contributed by atoms with Gasteiger partial charge in [0.05, 0.1) is 5.69 Å². The normalized spacial score (nSPS) is 11.6. The molecule has 1 aromatic carbocycles. The lowest BCUT2D eigenvalue weighted by Crippen LogP contribution is -2.37. The number of carbonyl (C=O) groups excluding carboxylic acids is 1. The highest BCUT2D eigenvalue weighted by Gasteiger charge is 2.27. The van der Waals surface area contributed by atoms with Crippen LogP contribution in [0.1, 0.15) is 37.5 Å². The Hall–Kier alpha value is -1.60. The first-order chi connectivity index (χ1) is 9.51. The van der Waals surface area contributed by atoms with E-state index in [2.05, 4.69) is 4.28 Å². The lowest BCUT2D eigenvalue weighted by molar-refractivity contribution is 0.0448. The quantitative estimate of drug-likeness (QED) is 0.686. The van der Waals surface area contributed by atoms with Gasteiger partial charge < -0.3 is 4.74 Å². The van der Waals surface area contributed by atoms with Gasteiger partial charge in [-0.05, 0) is 52.7 Å². The van der Waals surface area contributed by atoms with E-state index in [1.54, 1.807) is 34.6 Å². The van der Waals surface area contributed by atoms with Crippen molar-refractivity contribution in [3.8, 4) is 0 Å². The summed E-state index contributed by atoms with van der Waals surface area (Å²) in [5, 5.41) is 0.682. The van der Waals surface area contributed by atoms with Crippen molar-refractivity contribution in [3.05, 3.63) is 28.8 Å². The van der Waals surface area contributed by atoms with Gasteiger partial charge in [0.1, 0.15) is 5.60 Å². The molecule has 1 aromatic rings. The van der Waals surface area contributed by atoms with Gasteiger partial charge >= 0.3 is 6.09 Å². The highest BCUT2D eigenvalue weighted by Crippen LogP contribution is 2.28. The minimum atomic E-state index is -3.24. The van der Waals surface area contributed by atoms with Crippen LogP contribution in [0.4, 0.5) is 10.5 Å². The van der Waals surface area contributed by atoms with E-state index in [1.807, 2.05) is 19.1 Å². The Bertz CT molecular complexity index is 585. The number of amides is 1. The fraction of sp³-hybridized carbons (Fsp3) is 0.500. The van der Waals surface area contributed by atoms with Gasteiger partial charge in [-0.1, -0.05) is 17.7 Å². The molecule has 1 rings (SSSR count). The smallest absolute Gasteiger partial charge is 0.440 e. The molecule has 6 nitrogen and oxygen atoms in total. The molecule has 0 radical (unpaired) electrons. The van der Waals surface area contributed by atoms with Gasteiger partial charge in [-0.25, -0.2) is 13.2 Å². The largest absolute Gasteiger partial charge is 0.442 e. The van der Waals surface area contributed by atoms with Gasteiger partial charge in [-0.2, -0.15) is 0 Å². The number of hydrogen-bond acceptors (Lipinski definition) is 5. The number of carbonyl (C=O) groups is 1. The molecule has 0 N–H and O–H groups in total. The second kappa shape index (κ2) is 6.44. The molecular formula is C14H21NO5S. The number of aryl methyl sites for hydroxylation is 3. The molecule has 0 saturated carbocycles. The van der Waals surface area contributed by atoms with Gasteiger partial charge in [0.2, 0.25) is 0 Å². The summed E-state index contributed by atoms with van der Waals surface area (Å²) in [6.07, 6.45) is -0.878. The maximum atomic E-state index is 12.2. The molecule has 0 aliphatic heterocycles. The van der Waals surface area contributed by atoms with E-state index in [4.69, 9.17) is 4.74 Å². The number of rotatable bonds is 3. The third-order valence-corrected chi connectivity index (χ3v) is 2.84. The van der Waals surface area contributed by atoms with Crippen molar-refractivity contribution in [3.63, 3.8) is 0 Å². The van der Waals surface area contributed by atoms with Crippen LogP contribution in [0.25, 0.3) is 0 Å². The van der Waals surface area contributed by atoms with Crippen LogP contribution in [0, 0.1) is 20.8 Å². The summed E-state index contributed by atoms with van der Waals surface area (Å²) in [5.41, 5.74) is 2.04. The monoisotopic (exact) mass is 315 g/mol. The minimum Gasteiger partial charge on any atom is -0.442 e. The van der Waals surface area contributed by atoms with Gasteiger partial charge in [-0.3, -0.25) is 0 Å². The van der Waals surface area contributed by atoms with Crippen molar-refractivity contribution in [1.82, 2.24) is 0 Å². The van der Waals surface area contributed by atoms with E-state index in [0.717, 1.165) is 16.7 Å². The van der Waals surface area contributed by atoms with E-state index in [-0.39, 0.29) is 0 Å². The molecule has 0 aromatic heterocycles. The molecular weight excluding hydrogens is 294 g/mol. The zero-order valence-electron chi connectivity index (χ0n) is 13.1. The molecule has 0 aliphatic rings. The van der Waals surface area contributed by atoms with E-state index in [0.29, 0.717) is 10.8 Å². The second-order valence-corrected chi connectivity index (χ2v) is 6.44. The summed E-state index contributed by atoms with van der Waals surface area (Å²) >= 11 is 0. The number of anilines is 1. The van der Waals surface area contributed by atoms with Crippen LogP contribution < -0.4 is 5.06 Å². The predicted molar refractivity (Wildman–Crippen MR) is 80.8 cm³/mol. The van der Waals surface area contributed by atoms with Gasteiger partial charge in [-0.15, -0.1) is 9.35 Å². The lowest BCUT2D eigenvalue weighted by atomic mass is 10.1. The van der Waals surface area contributed by atoms with Gasteiger partial charge in [0, 0.05) is 0 Å². The molecule has 1 amide bonds. The molecule has 0 spiro atoms. The number of thiol groups is 1.